The molecule has 25 heavy (non-hydrogen) atoms. The van der Waals surface area contributed by atoms with Crippen LogP contribution in [0, 0.1) is 5.82 Å². The first kappa shape index (κ1) is 17.2. The van der Waals surface area contributed by atoms with Crippen molar-refractivity contribution in [2.75, 3.05) is 0 Å². The van der Waals surface area contributed by atoms with Crippen molar-refractivity contribution in [3.8, 4) is 11.3 Å². The van der Waals surface area contributed by atoms with Gasteiger partial charge in [-0.05, 0) is 24.1 Å². The van der Waals surface area contributed by atoms with Crippen molar-refractivity contribution in [3.05, 3.63) is 77.5 Å². The summed E-state index contributed by atoms with van der Waals surface area (Å²) in [6.07, 6.45) is 4.18. The van der Waals surface area contributed by atoms with Crippen LogP contribution in [0.3, 0.4) is 0 Å². The first-order chi connectivity index (χ1) is 11.7. The Morgan fingerprint density at radius 2 is 1.96 bits per heavy atom. The molecule has 3 aromatic rings. The second-order valence-corrected chi connectivity index (χ2v) is 5.99. The molecule has 1 atom stereocenters. The molecule has 6 heteroatoms. The second kappa shape index (κ2) is 7.07. The van der Waals surface area contributed by atoms with Crippen LogP contribution < -0.4 is 5.32 Å². The Balaban J connectivity index is 0.00000182. The molecule has 0 fully saturated rings. The van der Waals surface area contributed by atoms with E-state index in [1.165, 1.54) is 18.0 Å². The monoisotopic (exact) mass is 357 g/mol. The van der Waals surface area contributed by atoms with Crippen molar-refractivity contribution in [2.45, 2.75) is 18.9 Å². The van der Waals surface area contributed by atoms with E-state index in [4.69, 9.17) is 0 Å². The average Bonchev–Trinajstić information content (AvgIpc) is 3.00. The summed E-state index contributed by atoms with van der Waals surface area (Å²) < 4.78 is 13.9. The molecular weight excluding hydrogens is 341 g/mol. The standard InChI is InChI=1S/C19H16FN3O.ClH/c20-16-11-21-7-6-14(16)18-10-15-17(23-18)9-13(22-19(15)24)8-12-4-2-1-3-5-12;/h1-7,10-11,13,23H,8-9H2,(H,22,24);1H. The normalized spacial score (nSPS) is 15.9. The number of hydrogen-bond acceptors (Lipinski definition) is 2. The van der Waals surface area contributed by atoms with E-state index in [1.807, 2.05) is 30.3 Å². The molecule has 1 aromatic carbocycles. The van der Waals surface area contributed by atoms with Gasteiger partial charge in [0.1, 0.15) is 0 Å². The van der Waals surface area contributed by atoms with Crippen molar-refractivity contribution < 1.29 is 9.18 Å². The zero-order valence-electron chi connectivity index (χ0n) is 13.3. The van der Waals surface area contributed by atoms with Gasteiger partial charge in [-0.1, -0.05) is 30.3 Å². The summed E-state index contributed by atoms with van der Waals surface area (Å²) in [5, 5.41) is 3.04. The molecule has 2 aromatic heterocycles. The highest BCUT2D eigenvalue weighted by molar-refractivity contribution is 5.98. The number of benzene rings is 1. The number of rotatable bonds is 3. The van der Waals surface area contributed by atoms with E-state index in [-0.39, 0.29) is 24.4 Å². The van der Waals surface area contributed by atoms with Gasteiger partial charge in [0, 0.05) is 35.6 Å². The quantitative estimate of drug-likeness (QED) is 0.753. The number of nitrogens with zero attached hydrogens (tertiary/aromatic N) is 1. The van der Waals surface area contributed by atoms with Gasteiger partial charge in [0.15, 0.2) is 5.82 Å². The van der Waals surface area contributed by atoms with Gasteiger partial charge in [-0.25, -0.2) is 4.39 Å². The Bertz CT molecular complexity index is 895. The van der Waals surface area contributed by atoms with E-state index >= 15 is 0 Å². The fourth-order valence-electron chi connectivity index (χ4n) is 3.18. The lowest BCUT2D eigenvalue weighted by Crippen LogP contribution is -2.42. The van der Waals surface area contributed by atoms with E-state index in [0.29, 0.717) is 23.2 Å². The Kier molecular flexibility index (Phi) is 4.86. The van der Waals surface area contributed by atoms with Crippen molar-refractivity contribution in [1.82, 2.24) is 15.3 Å². The number of halogens is 2. The van der Waals surface area contributed by atoms with E-state index < -0.39 is 5.82 Å². The van der Waals surface area contributed by atoms with Gasteiger partial charge < -0.3 is 10.3 Å². The predicted octanol–water partition coefficient (Wildman–Crippen LogP) is 3.53. The smallest absolute Gasteiger partial charge is 0.253 e. The van der Waals surface area contributed by atoms with Crippen molar-refractivity contribution in [2.24, 2.45) is 0 Å². The molecule has 0 radical (unpaired) electrons. The van der Waals surface area contributed by atoms with E-state index in [9.17, 15) is 9.18 Å². The Morgan fingerprint density at radius 3 is 2.72 bits per heavy atom. The molecule has 1 aliphatic heterocycles. The maximum atomic E-state index is 13.9. The van der Waals surface area contributed by atoms with Crippen molar-refractivity contribution >= 4 is 18.3 Å². The number of nitrogens with one attached hydrogen (secondary N) is 2. The van der Waals surface area contributed by atoms with Crippen LogP contribution in [0.15, 0.2) is 54.9 Å². The van der Waals surface area contributed by atoms with Gasteiger partial charge in [0.05, 0.1) is 11.8 Å². The van der Waals surface area contributed by atoms with Gasteiger partial charge >= 0.3 is 0 Å². The minimum Gasteiger partial charge on any atom is -0.358 e. The molecule has 0 aliphatic carbocycles. The predicted molar refractivity (Wildman–Crippen MR) is 96.3 cm³/mol. The lowest BCUT2D eigenvalue weighted by Gasteiger charge is -2.23. The number of carbonyl (C=O) groups excluding carboxylic acids is 1. The SMILES string of the molecule is Cl.O=C1NC(Cc2ccccc2)Cc2[nH]c(-c3ccncc3F)cc21. The molecule has 1 unspecified atom stereocenters. The van der Waals surface area contributed by atoms with Gasteiger partial charge in [0.25, 0.3) is 5.91 Å². The fraction of sp³-hybridized carbons (Fsp3) is 0.158. The molecule has 3 heterocycles. The van der Waals surface area contributed by atoms with Crippen LogP contribution in [-0.2, 0) is 12.8 Å². The van der Waals surface area contributed by atoms with Gasteiger partial charge in [-0.15, -0.1) is 12.4 Å². The van der Waals surface area contributed by atoms with E-state index in [0.717, 1.165) is 12.1 Å². The fourth-order valence-corrected chi connectivity index (χ4v) is 3.18. The topological polar surface area (TPSA) is 57.8 Å². The maximum Gasteiger partial charge on any atom is 0.253 e. The highest BCUT2D eigenvalue weighted by atomic mass is 35.5. The number of H-pyrrole nitrogens is 1. The molecule has 0 bridgehead atoms. The molecule has 4 rings (SSSR count). The molecule has 0 spiro atoms. The summed E-state index contributed by atoms with van der Waals surface area (Å²) in [5.41, 5.74) is 3.65. The third kappa shape index (κ3) is 3.42. The number of carbonyl (C=O) groups is 1. The number of aromatic nitrogens is 2. The molecule has 2 N–H and O–H groups in total. The Labute approximate surface area is 150 Å². The molecule has 1 aliphatic rings. The van der Waals surface area contributed by atoms with Crippen molar-refractivity contribution in [3.63, 3.8) is 0 Å². The first-order valence-electron chi connectivity index (χ1n) is 7.87. The summed E-state index contributed by atoms with van der Waals surface area (Å²) in [7, 11) is 0. The summed E-state index contributed by atoms with van der Waals surface area (Å²) in [4.78, 5) is 19.3. The summed E-state index contributed by atoms with van der Waals surface area (Å²) >= 11 is 0. The molecular formula is C19H17ClFN3O. The average molecular weight is 358 g/mol. The minimum atomic E-state index is -0.405. The van der Waals surface area contributed by atoms with Crippen LogP contribution in [-0.4, -0.2) is 21.9 Å². The van der Waals surface area contributed by atoms with Gasteiger partial charge in [0.2, 0.25) is 0 Å². The lowest BCUT2D eigenvalue weighted by molar-refractivity contribution is 0.0925. The Hall–Kier alpha value is -2.66. The van der Waals surface area contributed by atoms with Crippen LogP contribution >= 0.6 is 12.4 Å². The number of amides is 1. The van der Waals surface area contributed by atoms with Crippen LogP contribution in [0.1, 0.15) is 21.6 Å². The highest BCUT2D eigenvalue weighted by Gasteiger charge is 2.27. The molecule has 0 saturated carbocycles. The summed E-state index contributed by atoms with van der Waals surface area (Å²) in [6.45, 7) is 0. The third-order valence-electron chi connectivity index (χ3n) is 4.32. The van der Waals surface area contributed by atoms with E-state index in [2.05, 4.69) is 15.3 Å². The Morgan fingerprint density at radius 1 is 1.16 bits per heavy atom. The van der Waals surface area contributed by atoms with Crippen LogP contribution in [0.4, 0.5) is 4.39 Å². The zero-order valence-corrected chi connectivity index (χ0v) is 14.1. The van der Waals surface area contributed by atoms with Crippen LogP contribution in [0.25, 0.3) is 11.3 Å². The van der Waals surface area contributed by atoms with Crippen molar-refractivity contribution in [1.29, 1.82) is 0 Å². The number of aromatic amines is 1. The summed E-state index contributed by atoms with van der Waals surface area (Å²) in [6, 6.07) is 13.4. The largest absolute Gasteiger partial charge is 0.358 e. The molecule has 128 valence electrons. The first-order valence-corrected chi connectivity index (χ1v) is 7.87. The zero-order chi connectivity index (χ0) is 16.5. The number of fused-ring (bicyclic) bond motifs is 1. The number of hydrogen-bond donors (Lipinski definition) is 2. The summed E-state index contributed by atoms with van der Waals surface area (Å²) in [5.74, 6) is -0.522. The highest BCUT2D eigenvalue weighted by Crippen LogP contribution is 2.27. The lowest BCUT2D eigenvalue weighted by atomic mass is 9.96. The maximum absolute atomic E-state index is 13.9. The molecule has 1 amide bonds. The third-order valence-corrected chi connectivity index (χ3v) is 4.32. The van der Waals surface area contributed by atoms with Crippen LogP contribution in [0.2, 0.25) is 0 Å². The van der Waals surface area contributed by atoms with Crippen LogP contribution in [0.5, 0.6) is 0 Å². The van der Waals surface area contributed by atoms with Gasteiger partial charge in [-0.2, -0.15) is 0 Å². The van der Waals surface area contributed by atoms with E-state index in [1.54, 1.807) is 12.1 Å². The number of pyridine rings is 1. The van der Waals surface area contributed by atoms with Gasteiger partial charge in [-0.3, -0.25) is 9.78 Å². The minimum absolute atomic E-state index is 0. The molecule has 0 saturated heterocycles. The second-order valence-electron chi connectivity index (χ2n) is 5.99. The molecule has 4 nitrogen and oxygen atoms in total.